The number of hydrogen-bond acceptors (Lipinski definition) is 3. The van der Waals surface area contributed by atoms with Gasteiger partial charge in [-0.2, -0.15) is 8.42 Å². The first-order valence-corrected chi connectivity index (χ1v) is 3.30. The molecular weight excluding hydrogens is 329 g/mol. The first-order valence-electron chi connectivity index (χ1n) is 1.90. The van der Waals surface area contributed by atoms with E-state index in [2.05, 4.69) is 0 Å². The van der Waals surface area contributed by atoms with Gasteiger partial charge in [0.15, 0.2) is 0 Å². The molecule has 0 unspecified atom stereocenters. The largest absolute Gasteiger partial charge is 0.394 e. The molecule has 0 aromatic rings. The van der Waals surface area contributed by atoms with Crippen LogP contribution in [0.5, 0.6) is 0 Å². The van der Waals surface area contributed by atoms with Gasteiger partial charge in [0.25, 0.3) is 0 Å². The fraction of sp³-hybridized carbons (Fsp3) is 0.667. The molecule has 0 saturated carbocycles. The molecule has 0 fully saturated rings. The number of carbonyl (C=O) groups excluding carboxylic acids is 1. The standard InChI is InChI=1S/C3H6O.H2O4S.Ta/c1-3(2)4;1-5(2,3)4;/h1-2H3;(H2,1,2,3,4);. The van der Waals surface area contributed by atoms with E-state index in [4.69, 9.17) is 17.5 Å². The van der Waals surface area contributed by atoms with Crippen molar-refractivity contribution in [3.8, 4) is 0 Å². The summed E-state index contributed by atoms with van der Waals surface area (Å²) in [4.78, 5) is 9.44. The molecule has 0 amide bonds. The molecule has 0 spiro atoms. The molecule has 0 aromatic heterocycles. The van der Waals surface area contributed by atoms with Crippen molar-refractivity contribution in [3.05, 3.63) is 0 Å². The molecule has 0 saturated heterocycles. The average molecular weight is 337 g/mol. The Bertz CT molecular complexity index is 159. The van der Waals surface area contributed by atoms with E-state index in [0.29, 0.717) is 0 Å². The second kappa shape index (κ2) is 7.39. The zero-order chi connectivity index (χ0) is 8.08. The summed E-state index contributed by atoms with van der Waals surface area (Å²) >= 11 is 0. The van der Waals surface area contributed by atoms with Crippen LogP contribution in [-0.2, 0) is 37.6 Å². The van der Waals surface area contributed by atoms with Gasteiger partial charge in [0, 0.05) is 22.4 Å². The summed E-state index contributed by atoms with van der Waals surface area (Å²) in [5.41, 5.74) is 0. The summed E-state index contributed by atoms with van der Waals surface area (Å²) in [6.07, 6.45) is 0. The molecule has 2 N–H and O–H groups in total. The Morgan fingerprint density at radius 3 is 1.20 bits per heavy atom. The number of carbonyl (C=O) groups is 1. The van der Waals surface area contributed by atoms with Gasteiger partial charge in [-0.15, -0.1) is 0 Å². The second-order valence-electron chi connectivity index (χ2n) is 1.36. The fourth-order valence-electron chi connectivity index (χ4n) is 0. The second-order valence-corrected chi connectivity index (χ2v) is 2.25. The molecule has 0 rings (SSSR count). The topological polar surface area (TPSA) is 91.7 Å². The van der Waals surface area contributed by atoms with Gasteiger partial charge in [-0.25, -0.2) is 0 Å². The predicted octanol–water partition coefficient (Wildman–Crippen LogP) is -0.0600. The summed E-state index contributed by atoms with van der Waals surface area (Å²) in [5.74, 6) is 0.167. The van der Waals surface area contributed by atoms with Crippen molar-refractivity contribution in [2.75, 3.05) is 0 Å². The minimum absolute atomic E-state index is 0. The van der Waals surface area contributed by atoms with Crippen LogP contribution in [0.25, 0.3) is 0 Å². The van der Waals surface area contributed by atoms with Gasteiger partial charge in [0.1, 0.15) is 5.78 Å². The van der Waals surface area contributed by atoms with Crippen LogP contribution in [0.3, 0.4) is 0 Å². The first kappa shape index (κ1) is 16.7. The number of ketones is 1. The molecule has 7 heteroatoms. The van der Waals surface area contributed by atoms with Crippen LogP contribution < -0.4 is 0 Å². The van der Waals surface area contributed by atoms with Gasteiger partial charge in [0.2, 0.25) is 0 Å². The number of Topliss-reactive ketones (excluding diaryl/α,β-unsaturated/α-hetero) is 1. The van der Waals surface area contributed by atoms with Crippen LogP contribution in [-0.4, -0.2) is 23.3 Å². The van der Waals surface area contributed by atoms with Gasteiger partial charge in [-0.3, -0.25) is 9.11 Å². The average Bonchev–Trinajstić information content (AvgIpc) is 1.19. The maximum atomic E-state index is 9.44. The number of hydrogen-bond donors (Lipinski definition) is 2. The number of rotatable bonds is 0. The van der Waals surface area contributed by atoms with E-state index >= 15 is 0 Å². The Kier molecular flexibility index (Phi) is 12.3. The van der Waals surface area contributed by atoms with Crippen LogP contribution >= 0.6 is 0 Å². The molecule has 10 heavy (non-hydrogen) atoms. The van der Waals surface area contributed by atoms with E-state index in [0.717, 1.165) is 0 Å². The van der Waals surface area contributed by atoms with Crippen LogP contribution in [0.15, 0.2) is 0 Å². The molecule has 0 aliphatic heterocycles. The summed E-state index contributed by atoms with van der Waals surface area (Å²) in [6, 6.07) is 0. The molecule has 0 atom stereocenters. The first-order chi connectivity index (χ1) is 3.73. The smallest absolute Gasteiger partial charge is 0.300 e. The van der Waals surface area contributed by atoms with Crippen molar-refractivity contribution in [3.63, 3.8) is 0 Å². The van der Waals surface area contributed by atoms with Crippen molar-refractivity contribution < 1.29 is 44.7 Å². The van der Waals surface area contributed by atoms with E-state index in [1.54, 1.807) is 0 Å². The van der Waals surface area contributed by atoms with E-state index in [9.17, 15) is 4.79 Å². The van der Waals surface area contributed by atoms with Crippen LogP contribution in [0.1, 0.15) is 13.8 Å². The molecule has 0 bridgehead atoms. The molecule has 61 valence electrons. The van der Waals surface area contributed by atoms with E-state index < -0.39 is 10.4 Å². The summed E-state index contributed by atoms with van der Waals surface area (Å²) in [5, 5.41) is 0. The van der Waals surface area contributed by atoms with Gasteiger partial charge < -0.3 is 4.79 Å². The quantitative estimate of drug-likeness (QED) is 0.605. The van der Waals surface area contributed by atoms with Crippen molar-refractivity contribution in [2.45, 2.75) is 13.8 Å². The minimum Gasteiger partial charge on any atom is -0.300 e. The third-order valence-electron chi connectivity index (χ3n) is 0. The fourth-order valence-corrected chi connectivity index (χ4v) is 0. The van der Waals surface area contributed by atoms with E-state index in [1.807, 2.05) is 0 Å². The van der Waals surface area contributed by atoms with Crippen LogP contribution in [0, 0.1) is 0 Å². The van der Waals surface area contributed by atoms with Gasteiger partial charge in [0.05, 0.1) is 0 Å². The molecular formula is C3H8O5STa. The third kappa shape index (κ3) is 5590. The molecule has 0 aliphatic carbocycles. The molecule has 0 heterocycles. The van der Waals surface area contributed by atoms with Crippen molar-refractivity contribution in [1.82, 2.24) is 0 Å². The van der Waals surface area contributed by atoms with Crippen molar-refractivity contribution in [1.29, 1.82) is 0 Å². The van der Waals surface area contributed by atoms with Gasteiger partial charge in [-0.1, -0.05) is 0 Å². The van der Waals surface area contributed by atoms with Crippen LogP contribution in [0.4, 0.5) is 0 Å². The Balaban J connectivity index is -0.0000000910. The Morgan fingerprint density at radius 2 is 1.20 bits per heavy atom. The predicted molar refractivity (Wildman–Crippen MR) is 30.5 cm³/mol. The summed E-state index contributed by atoms with van der Waals surface area (Å²) in [7, 11) is -4.67. The van der Waals surface area contributed by atoms with Crippen LogP contribution in [0.2, 0.25) is 0 Å². The molecule has 1 radical (unpaired) electrons. The molecule has 0 aromatic carbocycles. The normalized spacial score (nSPS) is 8.40. The Labute approximate surface area is 74.9 Å². The van der Waals surface area contributed by atoms with E-state index in [-0.39, 0.29) is 28.2 Å². The Hall–Kier alpha value is 0.280. The zero-order valence-electron chi connectivity index (χ0n) is 5.47. The maximum absolute atomic E-state index is 9.44. The Morgan fingerprint density at radius 1 is 1.20 bits per heavy atom. The minimum atomic E-state index is -4.67. The third-order valence-corrected chi connectivity index (χ3v) is 0. The van der Waals surface area contributed by atoms with Gasteiger partial charge in [-0.05, 0) is 13.8 Å². The molecule has 5 nitrogen and oxygen atoms in total. The zero-order valence-corrected chi connectivity index (χ0v) is 9.50. The monoisotopic (exact) mass is 337 g/mol. The van der Waals surface area contributed by atoms with Crippen molar-refractivity contribution >= 4 is 16.2 Å². The SMILES string of the molecule is CC(C)=O.O=S(=O)(O)O.[Ta]. The summed E-state index contributed by atoms with van der Waals surface area (Å²) in [6.45, 7) is 3.06. The molecule has 0 aliphatic rings. The van der Waals surface area contributed by atoms with E-state index in [1.165, 1.54) is 13.8 Å². The maximum Gasteiger partial charge on any atom is 0.394 e. The van der Waals surface area contributed by atoms with Crippen molar-refractivity contribution in [2.24, 2.45) is 0 Å². The van der Waals surface area contributed by atoms with Gasteiger partial charge >= 0.3 is 10.4 Å². The summed E-state index contributed by atoms with van der Waals surface area (Å²) < 4.78 is 31.6.